The van der Waals surface area contributed by atoms with E-state index >= 15 is 0 Å². The third-order valence-electron chi connectivity index (χ3n) is 2.16. The number of rotatable bonds is 4. The molecule has 1 aromatic carbocycles. The third kappa shape index (κ3) is 2.79. The number of carbonyl (C=O) groups is 1. The van der Waals surface area contributed by atoms with Gasteiger partial charge in [-0.3, -0.25) is 0 Å². The number of aliphatic carboxylic acids is 1. The highest BCUT2D eigenvalue weighted by Gasteiger charge is 2.27. The van der Waals surface area contributed by atoms with Gasteiger partial charge in [-0.05, 0) is 26.0 Å². The van der Waals surface area contributed by atoms with Crippen molar-refractivity contribution in [1.29, 1.82) is 0 Å². The summed E-state index contributed by atoms with van der Waals surface area (Å²) in [6.07, 6.45) is 0. The molecule has 4 nitrogen and oxygen atoms in total. The second-order valence-electron chi connectivity index (χ2n) is 3.90. The van der Waals surface area contributed by atoms with Gasteiger partial charge in [0.15, 0.2) is 0 Å². The van der Waals surface area contributed by atoms with Gasteiger partial charge in [-0.15, -0.1) is 0 Å². The fraction of sp³-hybridized carbons (Fsp3) is 0.364. The van der Waals surface area contributed by atoms with Crippen LogP contribution >= 0.6 is 11.6 Å². The Morgan fingerprint density at radius 1 is 1.50 bits per heavy atom. The Kier molecular flexibility index (Phi) is 3.65. The lowest BCUT2D eigenvalue weighted by molar-refractivity contribution is -0.141. The lowest BCUT2D eigenvalue weighted by Gasteiger charge is -2.23. The van der Waals surface area contributed by atoms with Crippen LogP contribution in [-0.4, -0.2) is 23.7 Å². The maximum absolute atomic E-state index is 10.9. The van der Waals surface area contributed by atoms with Crippen LogP contribution in [0.4, 0.5) is 5.69 Å². The Morgan fingerprint density at radius 3 is 2.56 bits per heavy atom. The van der Waals surface area contributed by atoms with Crippen molar-refractivity contribution in [3.63, 3.8) is 0 Å². The molecular weight excluding hydrogens is 230 g/mol. The minimum absolute atomic E-state index is 0.425. The molecule has 16 heavy (non-hydrogen) atoms. The van der Waals surface area contributed by atoms with E-state index in [2.05, 4.69) is 5.32 Å². The molecule has 1 rings (SSSR count). The van der Waals surface area contributed by atoms with Gasteiger partial charge in [0.25, 0.3) is 0 Å². The van der Waals surface area contributed by atoms with Gasteiger partial charge in [0, 0.05) is 6.07 Å². The van der Waals surface area contributed by atoms with E-state index in [1.54, 1.807) is 39.2 Å². The maximum atomic E-state index is 10.9. The van der Waals surface area contributed by atoms with Crippen molar-refractivity contribution >= 4 is 23.3 Å². The van der Waals surface area contributed by atoms with Crippen LogP contribution < -0.4 is 10.1 Å². The van der Waals surface area contributed by atoms with Crippen LogP contribution in [0.3, 0.4) is 0 Å². The molecule has 0 fully saturated rings. The fourth-order valence-corrected chi connectivity index (χ4v) is 1.33. The number of methoxy groups -OCH3 is 1. The molecule has 5 heteroatoms. The number of hydrogen-bond acceptors (Lipinski definition) is 3. The highest BCUT2D eigenvalue weighted by molar-refractivity contribution is 6.33. The standard InChI is InChI=1S/C11H14ClNO3/c1-11(2,10(14)15)13-9-5-4-7(16-3)6-8(9)12/h4-6,13H,1-3H3,(H,14,15). The van der Waals surface area contributed by atoms with Crippen LogP contribution in [0, 0.1) is 0 Å². The Hall–Kier alpha value is -1.42. The number of ether oxygens (including phenoxy) is 1. The molecule has 88 valence electrons. The van der Waals surface area contributed by atoms with Crippen molar-refractivity contribution in [2.45, 2.75) is 19.4 Å². The summed E-state index contributed by atoms with van der Waals surface area (Å²) in [4.78, 5) is 10.9. The minimum Gasteiger partial charge on any atom is -0.497 e. The molecule has 0 aliphatic rings. The number of nitrogens with one attached hydrogen (secondary N) is 1. The van der Waals surface area contributed by atoms with E-state index in [0.717, 1.165) is 0 Å². The molecular formula is C11H14ClNO3. The van der Waals surface area contributed by atoms with Crippen molar-refractivity contribution in [1.82, 2.24) is 0 Å². The van der Waals surface area contributed by atoms with E-state index in [0.29, 0.717) is 16.5 Å². The maximum Gasteiger partial charge on any atom is 0.328 e. The summed E-state index contributed by atoms with van der Waals surface area (Å²) in [5, 5.41) is 12.2. The van der Waals surface area contributed by atoms with Gasteiger partial charge in [0.1, 0.15) is 11.3 Å². The first-order valence-electron chi connectivity index (χ1n) is 4.72. The average molecular weight is 244 g/mol. The molecule has 0 aliphatic carbocycles. The smallest absolute Gasteiger partial charge is 0.328 e. The van der Waals surface area contributed by atoms with E-state index in [9.17, 15) is 4.79 Å². The quantitative estimate of drug-likeness (QED) is 0.854. The van der Waals surface area contributed by atoms with Gasteiger partial charge in [-0.25, -0.2) is 4.79 Å². The summed E-state index contributed by atoms with van der Waals surface area (Å²) in [5.74, 6) is -0.317. The van der Waals surface area contributed by atoms with Crippen molar-refractivity contribution < 1.29 is 14.6 Å². The zero-order chi connectivity index (χ0) is 12.3. The number of hydrogen-bond donors (Lipinski definition) is 2. The van der Waals surface area contributed by atoms with E-state index in [1.807, 2.05) is 0 Å². The van der Waals surface area contributed by atoms with Crippen molar-refractivity contribution in [2.75, 3.05) is 12.4 Å². The molecule has 0 saturated carbocycles. The molecule has 1 aromatic rings. The SMILES string of the molecule is COc1ccc(NC(C)(C)C(=O)O)c(Cl)c1. The normalized spacial score (nSPS) is 11.0. The molecule has 0 radical (unpaired) electrons. The van der Waals surface area contributed by atoms with Gasteiger partial charge >= 0.3 is 5.97 Å². The summed E-state index contributed by atoms with van der Waals surface area (Å²) in [7, 11) is 1.54. The van der Waals surface area contributed by atoms with Crippen LogP contribution in [-0.2, 0) is 4.79 Å². The van der Waals surface area contributed by atoms with Crippen molar-refractivity contribution in [3.05, 3.63) is 23.2 Å². The van der Waals surface area contributed by atoms with Gasteiger partial charge in [0.2, 0.25) is 0 Å². The van der Waals surface area contributed by atoms with Crippen LogP contribution in [0.1, 0.15) is 13.8 Å². The van der Waals surface area contributed by atoms with Gasteiger partial charge < -0.3 is 15.2 Å². The summed E-state index contributed by atoms with van der Waals surface area (Å²) >= 11 is 5.98. The van der Waals surface area contributed by atoms with Crippen LogP contribution in [0.2, 0.25) is 5.02 Å². The summed E-state index contributed by atoms with van der Waals surface area (Å²) < 4.78 is 5.00. The Labute approximate surface area is 99.2 Å². The number of halogens is 1. The van der Waals surface area contributed by atoms with E-state index in [4.69, 9.17) is 21.4 Å². The van der Waals surface area contributed by atoms with Gasteiger partial charge in [-0.1, -0.05) is 11.6 Å². The molecule has 0 atom stereocenters. The van der Waals surface area contributed by atoms with Crippen LogP contribution in [0.15, 0.2) is 18.2 Å². The monoisotopic (exact) mass is 243 g/mol. The lowest BCUT2D eigenvalue weighted by atomic mass is 10.1. The predicted molar refractivity (Wildman–Crippen MR) is 63.3 cm³/mol. The predicted octanol–water partition coefficient (Wildman–Crippen LogP) is 2.62. The molecule has 0 bridgehead atoms. The van der Waals surface area contributed by atoms with Crippen LogP contribution in [0.5, 0.6) is 5.75 Å². The van der Waals surface area contributed by atoms with E-state index in [1.165, 1.54) is 0 Å². The third-order valence-corrected chi connectivity index (χ3v) is 2.47. The lowest BCUT2D eigenvalue weighted by Crippen LogP contribution is -2.40. The summed E-state index contributed by atoms with van der Waals surface area (Å²) in [5.41, 5.74) is -0.507. The Bertz CT molecular complexity index is 404. The van der Waals surface area contributed by atoms with Crippen LogP contribution in [0.25, 0.3) is 0 Å². The highest BCUT2D eigenvalue weighted by atomic mass is 35.5. The first-order valence-corrected chi connectivity index (χ1v) is 5.10. The second kappa shape index (κ2) is 4.61. The minimum atomic E-state index is -1.07. The zero-order valence-corrected chi connectivity index (χ0v) is 10.1. The molecule has 0 saturated heterocycles. The van der Waals surface area contributed by atoms with E-state index in [-0.39, 0.29) is 0 Å². The molecule has 0 heterocycles. The topological polar surface area (TPSA) is 58.6 Å². The second-order valence-corrected chi connectivity index (χ2v) is 4.31. The van der Waals surface area contributed by atoms with E-state index < -0.39 is 11.5 Å². The number of benzene rings is 1. The summed E-state index contributed by atoms with van der Waals surface area (Å²) in [6.45, 7) is 3.13. The summed E-state index contributed by atoms with van der Waals surface area (Å²) in [6, 6.07) is 5.03. The van der Waals surface area contributed by atoms with Gasteiger partial charge in [0.05, 0.1) is 17.8 Å². The first kappa shape index (κ1) is 12.6. The average Bonchev–Trinajstić information content (AvgIpc) is 2.20. The number of carboxylic acids is 1. The molecule has 0 amide bonds. The first-order chi connectivity index (χ1) is 7.36. The number of anilines is 1. The van der Waals surface area contributed by atoms with Crippen molar-refractivity contribution in [2.24, 2.45) is 0 Å². The Balaban J connectivity index is 2.94. The highest BCUT2D eigenvalue weighted by Crippen LogP contribution is 2.28. The zero-order valence-electron chi connectivity index (χ0n) is 9.37. The largest absolute Gasteiger partial charge is 0.497 e. The molecule has 2 N–H and O–H groups in total. The fourth-order valence-electron chi connectivity index (χ4n) is 1.11. The molecule has 0 aliphatic heterocycles. The Morgan fingerprint density at radius 2 is 2.12 bits per heavy atom. The molecule has 0 aromatic heterocycles. The number of carboxylic acid groups (broad SMARTS) is 1. The molecule has 0 unspecified atom stereocenters. The molecule has 0 spiro atoms. The van der Waals surface area contributed by atoms with Gasteiger partial charge in [-0.2, -0.15) is 0 Å². The van der Waals surface area contributed by atoms with Crippen molar-refractivity contribution in [3.8, 4) is 5.75 Å².